The topological polar surface area (TPSA) is 122 Å². The molecule has 1 aromatic rings. The van der Waals surface area contributed by atoms with E-state index in [9.17, 15) is 19.5 Å². The van der Waals surface area contributed by atoms with Gasteiger partial charge in [0.25, 0.3) is 5.91 Å². The van der Waals surface area contributed by atoms with E-state index in [0.29, 0.717) is 12.8 Å². The highest BCUT2D eigenvalue weighted by atomic mass is 16.6. The summed E-state index contributed by atoms with van der Waals surface area (Å²) in [7, 11) is 0. The summed E-state index contributed by atoms with van der Waals surface area (Å²) in [6, 6.07) is 8.54. The van der Waals surface area contributed by atoms with E-state index in [2.05, 4.69) is 5.43 Å². The van der Waals surface area contributed by atoms with Crippen LogP contribution in [0.5, 0.6) is 0 Å². The Balaban J connectivity index is 3.30. The molecule has 2 amide bonds. The van der Waals surface area contributed by atoms with Gasteiger partial charge in [0.05, 0.1) is 18.4 Å². The Labute approximate surface area is 216 Å². The monoisotopic (exact) mass is 503 g/mol. The maximum Gasteiger partial charge on any atom is 0.310 e. The van der Waals surface area contributed by atoms with Crippen molar-refractivity contribution in [2.24, 2.45) is 29.4 Å². The number of benzene rings is 1. The molecule has 0 spiro atoms. The molecule has 8 heteroatoms. The molecule has 0 radical (unpaired) electrons. The summed E-state index contributed by atoms with van der Waals surface area (Å²) < 4.78 is 5.70. The van der Waals surface area contributed by atoms with Gasteiger partial charge in [0.1, 0.15) is 11.6 Å². The smallest absolute Gasteiger partial charge is 0.310 e. The number of carbonyl (C=O) groups excluding carboxylic acids is 3. The molecule has 0 aliphatic rings. The quantitative estimate of drug-likeness (QED) is 0.296. The Morgan fingerprint density at radius 3 is 2.17 bits per heavy atom. The number of ether oxygens (including phenoxy) is 1. The van der Waals surface area contributed by atoms with Crippen LogP contribution in [0.15, 0.2) is 36.4 Å². The highest BCUT2D eigenvalue weighted by Crippen LogP contribution is 2.28. The number of nitrogens with two attached hydrogens (primary N) is 1. The van der Waals surface area contributed by atoms with Crippen LogP contribution in [0.25, 0.3) is 6.08 Å². The molecule has 0 aromatic heterocycles. The lowest BCUT2D eigenvalue weighted by atomic mass is 9.82. The first-order valence-electron chi connectivity index (χ1n) is 12.7. The van der Waals surface area contributed by atoms with Gasteiger partial charge < -0.3 is 15.6 Å². The Morgan fingerprint density at radius 1 is 1.06 bits per heavy atom. The Kier molecular flexibility index (Phi) is 12.8. The molecule has 8 nitrogen and oxygen atoms in total. The standard InChI is InChI=1S/C28H45N3O5/c1-19(2)16-23(25(33)30-31(17-20(3)4)26(34)24(29)18-32)22(27(35)36-28(5,6)7)15-11-14-21-12-9-8-10-13-21/h8-14,19-20,22-24,32H,15-18,29H2,1-7H3,(H,30,33)/b14-11+/t22-,23+,24+/m0/s1. The summed E-state index contributed by atoms with van der Waals surface area (Å²) in [5.74, 6) is -2.85. The van der Waals surface area contributed by atoms with Crippen LogP contribution in [0, 0.1) is 23.7 Å². The van der Waals surface area contributed by atoms with E-state index in [-0.39, 0.29) is 18.4 Å². The Bertz CT molecular complexity index is 862. The zero-order valence-electron chi connectivity index (χ0n) is 22.9. The average Bonchev–Trinajstić information content (AvgIpc) is 2.78. The number of esters is 1. The van der Waals surface area contributed by atoms with Gasteiger partial charge in [-0.1, -0.05) is 70.2 Å². The van der Waals surface area contributed by atoms with Crippen molar-refractivity contribution in [1.82, 2.24) is 10.4 Å². The number of carbonyl (C=O) groups is 3. The summed E-state index contributed by atoms with van der Waals surface area (Å²) in [5.41, 5.74) is 8.71. The fraction of sp³-hybridized carbons (Fsp3) is 0.607. The van der Waals surface area contributed by atoms with E-state index in [1.54, 1.807) is 20.8 Å². The fourth-order valence-electron chi connectivity index (χ4n) is 3.73. The van der Waals surface area contributed by atoms with Gasteiger partial charge in [0, 0.05) is 6.54 Å². The molecule has 4 N–H and O–H groups in total. The number of aliphatic hydroxyl groups excluding tert-OH is 1. The minimum atomic E-state index is -1.15. The lowest BCUT2D eigenvalue weighted by molar-refractivity contribution is -0.165. The van der Waals surface area contributed by atoms with Crippen LogP contribution >= 0.6 is 0 Å². The first-order chi connectivity index (χ1) is 16.7. The van der Waals surface area contributed by atoms with E-state index in [1.807, 2.05) is 70.2 Å². The van der Waals surface area contributed by atoms with Crippen molar-refractivity contribution in [1.29, 1.82) is 0 Å². The molecule has 0 unspecified atom stereocenters. The highest BCUT2D eigenvalue weighted by Gasteiger charge is 2.37. The maximum absolute atomic E-state index is 13.6. The van der Waals surface area contributed by atoms with E-state index in [1.165, 1.54) is 0 Å². The van der Waals surface area contributed by atoms with E-state index >= 15 is 0 Å². The van der Waals surface area contributed by atoms with Crippen molar-refractivity contribution >= 4 is 23.9 Å². The molecule has 0 aliphatic heterocycles. The lowest BCUT2D eigenvalue weighted by Crippen LogP contribution is -2.56. The van der Waals surface area contributed by atoms with E-state index in [0.717, 1.165) is 10.6 Å². The molecular weight excluding hydrogens is 458 g/mol. The molecular formula is C28H45N3O5. The van der Waals surface area contributed by atoms with E-state index < -0.39 is 47.9 Å². The molecule has 0 fully saturated rings. The molecule has 1 rings (SSSR count). The molecule has 1 aromatic carbocycles. The van der Waals surface area contributed by atoms with Gasteiger partial charge >= 0.3 is 5.97 Å². The largest absolute Gasteiger partial charge is 0.460 e. The first-order valence-corrected chi connectivity index (χ1v) is 12.7. The number of allylic oxidation sites excluding steroid dienone is 1. The average molecular weight is 504 g/mol. The SMILES string of the molecule is CC(C)C[C@@H](C(=O)NN(CC(C)C)C(=O)[C@H](N)CO)[C@H](C/C=C/c1ccccc1)C(=O)OC(C)(C)C. The molecule has 0 aliphatic carbocycles. The third-order valence-electron chi connectivity index (χ3n) is 5.33. The molecule has 0 bridgehead atoms. The highest BCUT2D eigenvalue weighted by molar-refractivity contribution is 5.89. The van der Waals surface area contributed by atoms with Crippen LogP contribution in [-0.2, 0) is 19.1 Å². The van der Waals surface area contributed by atoms with Crippen LogP contribution in [0.3, 0.4) is 0 Å². The van der Waals surface area contributed by atoms with Gasteiger partial charge in [-0.3, -0.25) is 24.8 Å². The Hall–Kier alpha value is -2.71. The second-order valence-electron chi connectivity index (χ2n) is 11.0. The van der Waals surface area contributed by atoms with Crippen LogP contribution in [-0.4, -0.2) is 52.7 Å². The number of rotatable bonds is 12. The normalized spacial score (nSPS) is 14.5. The van der Waals surface area contributed by atoms with Crippen molar-refractivity contribution in [3.05, 3.63) is 42.0 Å². The minimum absolute atomic E-state index is 0.0409. The van der Waals surface area contributed by atoms with Gasteiger partial charge in [0.15, 0.2) is 0 Å². The zero-order chi connectivity index (χ0) is 27.5. The van der Waals surface area contributed by atoms with Gasteiger partial charge in [-0.25, -0.2) is 0 Å². The summed E-state index contributed by atoms with van der Waals surface area (Å²) >= 11 is 0. The summed E-state index contributed by atoms with van der Waals surface area (Å²) in [6.45, 7) is 12.8. The molecule has 0 saturated heterocycles. The Morgan fingerprint density at radius 2 is 1.67 bits per heavy atom. The van der Waals surface area contributed by atoms with Crippen molar-refractivity contribution in [2.45, 2.75) is 73.0 Å². The third kappa shape index (κ3) is 11.4. The molecule has 0 heterocycles. The summed E-state index contributed by atoms with van der Waals surface area (Å²) in [5, 5.41) is 10.5. The first kappa shape index (κ1) is 31.3. The van der Waals surface area contributed by atoms with Crippen molar-refractivity contribution in [2.75, 3.05) is 13.2 Å². The third-order valence-corrected chi connectivity index (χ3v) is 5.33. The molecule has 202 valence electrons. The summed E-state index contributed by atoms with van der Waals surface area (Å²) in [4.78, 5) is 39.6. The second-order valence-corrected chi connectivity index (χ2v) is 11.0. The second kappa shape index (κ2) is 14.8. The maximum atomic E-state index is 13.6. The molecule has 3 atom stereocenters. The number of aliphatic hydroxyl groups is 1. The number of nitrogens with zero attached hydrogens (tertiary/aromatic N) is 1. The van der Waals surface area contributed by atoms with E-state index in [4.69, 9.17) is 10.5 Å². The number of nitrogens with one attached hydrogen (secondary N) is 1. The van der Waals surface area contributed by atoms with Crippen LogP contribution in [0.4, 0.5) is 0 Å². The number of hydrazine groups is 1. The van der Waals surface area contributed by atoms with Crippen molar-refractivity contribution in [3.63, 3.8) is 0 Å². The van der Waals surface area contributed by atoms with Gasteiger partial charge in [-0.15, -0.1) is 0 Å². The van der Waals surface area contributed by atoms with Crippen molar-refractivity contribution in [3.8, 4) is 0 Å². The number of hydrogen-bond donors (Lipinski definition) is 3. The molecule has 0 saturated carbocycles. The van der Waals surface area contributed by atoms with Gasteiger partial charge in [-0.05, 0) is 51.0 Å². The lowest BCUT2D eigenvalue weighted by Gasteiger charge is -2.32. The predicted octanol–water partition coefficient (Wildman–Crippen LogP) is 3.55. The van der Waals surface area contributed by atoms with Crippen LogP contribution in [0.2, 0.25) is 0 Å². The minimum Gasteiger partial charge on any atom is -0.460 e. The van der Waals surface area contributed by atoms with Gasteiger partial charge in [0.2, 0.25) is 5.91 Å². The van der Waals surface area contributed by atoms with Gasteiger partial charge in [-0.2, -0.15) is 0 Å². The van der Waals surface area contributed by atoms with Crippen LogP contribution < -0.4 is 11.2 Å². The predicted molar refractivity (Wildman–Crippen MR) is 142 cm³/mol. The fourth-order valence-corrected chi connectivity index (χ4v) is 3.73. The molecule has 36 heavy (non-hydrogen) atoms. The zero-order valence-corrected chi connectivity index (χ0v) is 22.9. The van der Waals surface area contributed by atoms with Crippen LogP contribution in [0.1, 0.15) is 66.9 Å². The van der Waals surface area contributed by atoms with Crippen molar-refractivity contribution < 1.29 is 24.2 Å². The summed E-state index contributed by atoms with van der Waals surface area (Å²) in [6.07, 6.45) is 4.51. The number of amides is 2. The number of hydrogen-bond acceptors (Lipinski definition) is 6.